The number of pyridine rings is 1. The number of halogens is 1. The Kier molecular flexibility index (Phi) is 4.45. The third-order valence-electron chi connectivity index (χ3n) is 3.66. The van der Waals surface area contributed by atoms with Crippen LogP contribution in [-0.2, 0) is 5.41 Å². The van der Waals surface area contributed by atoms with Gasteiger partial charge in [-0.3, -0.25) is 9.59 Å². The fourth-order valence-electron chi connectivity index (χ4n) is 2.23. The van der Waals surface area contributed by atoms with Crippen LogP contribution in [0.2, 0.25) is 0 Å². The minimum atomic E-state index is -0.409. The minimum absolute atomic E-state index is 0.242. The monoisotopic (exact) mass is 302 g/mol. The lowest BCUT2D eigenvalue weighted by Crippen LogP contribution is -2.37. The minimum Gasteiger partial charge on any atom is -0.351 e. The number of hydrogen-bond acceptors (Lipinski definition) is 2. The van der Waals surface area contributed by atoms with Crippen molar-refractivity contribution in [2.45, 2.75) is 26.2 Å². The van der Waals surface area contributed by atoms with Crippen molar-refractivity contribution < 1.29 is 9.18 Å². The lowest BCUT2D eigenvalue weighted by atomic mass is 9.84. The molecule has 22 heavy (non-hydrogen) atoms. The van der Waals surface area contributed by atoms with E-state index >= 15 is 0 Å². The summed E-state index contributed by atoms with van der Waals surface area (Å²) in [4.78, 5) is 26.0. The SMILES string of the molecule is Cc1[nH]c(=O)ccc1C(=O)NCC(C)(C)c1cccc(F)c1. The highest BCUT2D eigenvalue weighted by Gasteiger charge is 2.22. The van der Waals surface area contributed by atoms with Crippen LogP contribution in [0.5, 0.6) is 0 Å². The Balaban J connectivity index is 2.11. The van der Waals surface area contributed by atoms with Gasteiger partial charge in [-0.15, -0.1) is 0 Å². The van der Waals surface area contributed by atoms with E-state index in [2.05, 4.69) is 10.3 Å². The van der Waals surface area contributed by atoms with Crippen molar-refractivity contribution in [3.63, 3.8) is 0 Å². The summed E-state index contributed by atoms with van der Waals surface area (Å²) in [5.41, 5.74) is 1.11. The molecule has 2 N–H and O–H groups in total. The lowest BCUT2D eigenvalue weighted by Gasteiger charge is -2.25. The maximum Gasteiger partial charge on any atom is 0.253 e. The van der Waals surface area contributed by atoms with E-state index in [9.17, 15) is 14.0 Å². The second-order valence-electron chi connectivity index (χ2n) is 5.94. The first-order valence-electron chi connectivity index (χ1n) is 7.04. The highest BCUT2D eigenvalue weighted by molar-refractivity contribution is 5.95. The van der Waals surface area contributed by atoms with Crippen LogP contribution in [0.15, 0.2) is 41.2 Å². The van der Waals surface area contributed by atoms with Crippen molar-refractivity contribution in [2.75, 3.05) is 6.54 Å². The fourth-order valence-corrected chi connectivity index (χ4v) is 2.23. The Morgan fingerprint density at radius 3 is 2.64 bits per heavy atom. The molecule has 0 saturated carbocycles. The first kappa shape index (κ1) is 15.9. The topological polar surface area (TPSA) is 62.0 Å². The summed E-state index contributed by atoms with van der Waals surface area (Å²) in [6.07, 6.45) is 0. The molecule has 0 saturated heterocycles. The summed E-state index contributed by atoms with van der Waals surface area (Å²) >= 11 is 0. The molecular formula is C17H19FN2O2. The largest absolute Gasteiger partial charge is 0.351 e. The van der Waals surface area contributed by atoms with E-state index in [4.69, 9.17) is 0 Å². The molecule has 0 radical (unpaired) electrons. The van der Waals surface area contributed by atoms with Gasteiger partial charge in [-0.1, -0.05) is 26.0 Å². The van der Waals surface area contributed by atoms with E-state index in [1.807, 2.05) is 19.9 Å². The number of carbonyl (C=O) groups excluding carboxylic acids is 1. The zero-order valence-electron chi connectivity index (χ0n) is 12.9. The molecule has 0 spiro atoms. The van der Waals surface area contributed by atoms with Gasteiger partial charge in [0, 0.05) is 23.7 Å². The maximum atomic E-state index is 13.3. The average molecular weight is 302 g/mol. The average Bonchev–Trinajstić information content (AvgIpc) is 2.45. The predicted octanol–water partition coefficient (Wildman–Crippen LogP) is 2.53. The number of aromatic amines is 1. The first-order chi connectivity index (χ1) is 10.3. The Morgan fingerprint density at radius 1 is 1.27 bits per heavy atom. The summed E-state index contributed by atoms with van der Waals surface area (Å²) in [5.74, 6) is -0.563. The number of hydrogen-bond donors (Lipinski definition) is 2. The van der Waals surface area contributed by atoms with Crippen LogP contribution in [0.3, 0.4) is 0 Å². The molecule has 4 nitrogen and oxygen atoms in total. The van der Waals surface area contributed by atoms with E-state index < -0.39 is 5.41 Å². The molecule has 0 fully saturated rings. The van der Waals surface area contributed by atoms with Gasteiger partial charge in [0.25, 0.3) is 5.91 Å². The quantitative estimate of drug-likeness (QED) is 0.911. The van der Waals surface area contributed by atoms with Crippen molar-refractivity contribution in [1.29, 1.82) is 0 Å². The predicted molar refractivity (Wildman–Crippen MR) is 83.6 cm³/mol. The van der Waals surface area contributed by atoms with Gasteiger partial charge in [0.15, 0.2) is 0 Å². The summed E-state index contributed by atoms with van der Waals surface area (Å²) < 4.78 is 13.3. The number of amides is 1. The molecule has 0 aliphatic heterocycles. The third-order valence-corrected chi connectivity index (χ3v) is 3.66. The number of H-pyrrole nitrogens is 1. The Morgan fingerprint density at radius 2 is 2.00 bits per heavy atom. The molecule has 0 aliphatic carbocycles. The number of benzene rings is 1. The fraction of sp³-hybridized carbons (Fsp3) is 0.294. The van der Waals surface area contributed by atoms with Gasteiger partial charge in [0.2, 0.25) is 5.56 Å². The van der Waals surface area contributed by atoms with Gasteiger partial charge in [0.1, 0.15) is 5.82 Å². The third kappa shape index (κ3) is 3.61. The van der Waals surface area contributed by atoms with Crippen LogP contribution in [0.25, 0.3) is 0 Å². The molecule has 116 valence electrons. The second kappa shape index (κ2) is 6.13. The highest BCUT2D eigenvalue weighted by Crippen LogP contribution is 2.23. The van der Waals surface area contributed by atoms with E-state index in [1.54, 1.807) is 13.0 Å². The summed E-state index contributed by atoms with van der Waals surface area (Å²) in [6, 6.07) is 9.17. The summed E-state index contributed by atoms with van der Waals surface area (Å²) in [7, 11) is 0. The first-order valence-corrected chi connectivity index (χ1v) is 7.04. The molecule has 0 aliphatic rings. The summed E-state index contributed by atoms with van der Waals surface area (Å²) in [5, 5.41) is 2.83. The van der Waals surface area contributed by atoms with Crippen LogP contribution < -0.4 is 10.9 Å². The molecule has 1 amide bonds. The molecule has 0 atom stereocenters. The second-order valence-corrected chi connectivity index (χ2v) is 5.94. The Labute approximate surface area is 128 Å². The van der Waals surface area contributed by atoms with E-state index in [-0.39, 0.29) is 17.3 Å². The van der Waals surface area contributed by atoms with Crippen LogP contribution in [0.4, 0.5) is 4.39 Å². The number of nitrogens with one attached hydrogen (secondary N) is 2. The van der Waals surface area contributed by atoms with Crippen molar-refractivity contribution in [3.05, 3.63) is 69.4 Å². The van der Waals surface area contributed by atoms with Crippen LogP contribution in [0, 0.1) is 12.7 Å². The molecule has 5 heteroatoms. The van der Waals surface area contributed by atoms with Crippen LogP contribution >= 0.6 is 0 Å². The smallest absolute Gasteiger partial charge is 0.253 e. The molecule has 2 rings (SSSR count). The standard InChI is InChI=1S/C17H19FN2O2/c1-11-14(7-8-15(21)20-11)16(22)19-10-17(2,3)12-5-4-6-13(18)9-12/h4-9H,10H2,1-3H3,(H,19,22)(H,20,21). The Hall–Kier alpha value is -2.43. The zero-order chi connectivity index (χ0) is 16.3. The number of carbonyl (C=O) groups is 1. The lowest BCUT2D eigenvalue weighted by molar-refractivity contribution is 0.0944. The van der Waals surface area contributed by atoms with Gasteiger partial charge in [-0.25, -0.2) is 4.39 Å². The van der Waals surface area contributed by atoms with E-state index in [1.165, 1.54) is 24.3 Å². The van der Waals surface area contributed by atoms with E-state index in [0.29, 0.717) is 17.8 Å². The van der Waals surface area contributed by atoms with Gasteiger partial charge >= 0.3 is 0 Å². The summed E-state index contributed by atoms with van der Waals surface area (Å²) in [6.45, 7) is 5.89. The number of rotatable bonds is 4. The van der Waals surface area contributed by atoms with Crippen LogP contribution in [-0.4, -0.2) is 17.4 Å². The van der Waals surface area contributed by atoms with Gasteiger partial charge in [-0.2, -0.15) is 0 Å². The van der Waals surface area contributed by atoms with Crippen molar-refractivity contribution in [3.8, 4) is 0 Å². The van der Waals surface area contributed by atoms with Crippen molar-refractivity contribution >= 4 is 5.91 Å². The van der Waals surface area contributed by atoms with E-state index in [0.717, 1.165) is 5.56 Å². The van der Waals surface area contributed by atoms with Gasteiger partial charge in [-0.05, 0) is 30.7 Å². The molecule has 0 bridgehead atoms. The van der Waals surface area contributed by atoms with Crippen LogP contribution in [0.1, 0.15) is 35.5 Å². The van der Waals surface area contributed by atoms with Crippen molar-refractivity contribution in [1.82, 2.24) is 10.3 Å². The molecule has 0 unspecified atom stereocenters. The van der Waals surface area contributed by atoms with Crippen molar-refractivity contribution in [2.24, 2.45) is 0 Å². The zero-order valence-corrected chi connectivity index (χ0v) is 12.9. The molecule has 1 heterocycles. The Bertz CT molecular complexity index is 750. The number of aryl methyl sites for hydroxylation is 1. The molecule has 1 aromatic carbocycles. The molecule has 1 aromatic heterocycles. The maximum absolute atomic E-state index is 13.3. The normalized spacial score (nSPS) is 11.3. The highest BCUT2D eigenvalue weighted by atomic mass is 19.1. The molecule has 2 aromatic rings. The number of aromatic nitrogens is 1. The molecular weight excluding hydrogens is 283 g/mol. The van der Waals surface area contributed by atoms with Gasteiger partial charge < -0.3 is 10.3 Å². The van der Waals surface area contributed by atoms with Gasteiger partial charge in [0.05, 0.1) is 5.56 Å².